The minimum atomic E-state index is -4.52. The van der Waals surface area contributed by atoms with Crippen molar-refractivity contribution in [3.8, 4) is 11.5 Å². The summed E-state index contributed by atoms with van der Waals surface area (Å²) >= 11 is 0.799. The van der Waals surface area contributed by atoms with Gasteiger partial charge >= 0.3 is 6.18 Å². The lowest BCUT2D eigenvalue weighted by atomic mass is 10.2. The molecule has 0 unspecified atom stereocenters. The lowest BCUT2D eigenvalue weighted by Crippen LogP contribution is -2.23. The van der Waals surface area contributed by atoms with Crippen LogP contribution >= 0.6 is 11.3 Å². The SMILES string of the molecule is COc1cc(C(=O)NCc2nc(C(F)(F)F)cs2)ccc1OCC(N)=O. The zero-order valence-electron chi connectivity index (χ0n) is 13.4. The number of hydrogen-bond acceptors (Lipinski definition) is 6. The van der Waals surface area contributed by atoms with Gasteiger partial charge in [0.05, 0.1) is 13.7 Å². The van der Waals surface area contributed by atoms with E-state index in [0.29, 0.717) is 0 Å². The molecule has 0 fully saturated rings. The standard InChI is InChI=1S/C15H14F3N3O4S/c1-24-10-4-8(2-3-9(10)25-6-12(19)22)14(23)20-5-13-21-11(7-26-13)15(16,17)18/h2-4,7H,5-6H2,1H3,(H2,19,22)(H,20,23). The van der Waals surface area contributed by atoms with Crippen molar-refractivity contribution in [1.29, 1.82) is 0 Å². The first-order chi connectivity index (χ1) is 12.2. The number of rotatable bonds is 7. The van der Waals surface area contributed by atoms with E-state index in [-0.39, 0.29) is 35.2 Å². The molecule has 140 valence electrons. The highest BCUT2D eigenvalue weighted by Gasteiger charge is 2.33. The molecule has 0 radical (unpaired) electrons. The summed E-state index contributed by atoms with van der Waals surface area (Å²) in [6, 6.07) is 4.20. The Hall–Kier alpha value is -2.82. The summed E-state index contributed by atoms with van der Waals surface area (Å²) in [6.07, 6.45) is -4.52. The number of carbonyl (C=O) groups excluding carboxylic acids is 2. The first kappa shape index (κ1) is 19.5. The van der Waals surface area contributed by atoms with Gasteiger partial charge in [-0.25, -0.2) is 4.98 Å². The summed E-state index contributed by atoms with van der Waals surface area (Å²) in [6.45, 7) is -0.505. The van der Waals surface area contributed by atoms with Gasteiger partial charge in [0.15, 0.2) is 23.8 Å². The third kappa shape index (κ3) is 5.09. The second-order valence-corrected chi connectivity index (χ2v) is 5.87. The molecular formula is C15H14F3N3O4S. The largest absolute Gasteiger partial charge is 0.493 e. The summed E-state index contributed by atoms with van der Waals surface area (Å²) < 4.78 is 47.7. The van der Waals surface area contributed by atoms with Gasteiger partial charge in [-0.05, 0) is 18.2 Å². The molecule has 0 aliphatic carbocycles. The maximum absolute atomic E-state index is 12.5. The van der Waals surface area contributed by atoms with Crippen LogP contribution in [0.4, 0.5) is 13.2 Å². The number of methoxy groups -OCH3 is 1. The Balaban J connectivity index is 2.02. The number of nitrogens with two attached hydrogens (primary N) is 1. The molecular weight excluding hydrogens is 375 g/mol. The summed E-state index contributed by atoms with van der Waals surface area (Å²) in [5, 5.41) is 3.48. The van der Waals surface area contributed by atoms with E-state index in [2.05, 4.69) is 10.3 Å². The summed E-state index contributed by atoms with van der Waals surface area (Å²) in [5.74, 6) is -0.783. The highest BCUT2D eigenvalue weighted by Crippen LogP contribution is 2.30. The summed E-state index contributed by atoms with van der Waals surface area (Å²) in [7, 11) is 1.35. The molecule has 0 aliphatic heterocycles. The van der Waals surface area contributed by atoms with E-state index in [1.54, 1.807) is 0 Å². The summed E-state index contributed by atoms with van der Waals surface area (Å²) in [5.41, 5.74) is 4.19. The van der Waals surface area contributed by atoms with Crippen LogP contribution in [0, 0.1) is 0 Å². The number of thiazole rings is 1. The monoisotopic (exact) mass is 389 g/mol. The van der Waals surface area contributed by atoms with Crippen LogP contribution < -0.4 is 20.5 Å². The number of halogens is 3. The lowest BCUT2D eigenvalue weighted by Gasteiger charge is -2.11. The van der Waals surface area contributed by atoms with Crippen molar-refractivity contribution in [1.82, 2.24) is 10.3 Å². The van der Waals surface area contributed by atoms with Crippen molar-refractivity contribution in [2.75, 3.05) is 13.7 Å². The van der Waals surface area contributed by atoms with Crippen LogP contribution in [-0.2, 0) is 17.5 Å². The van der Waals surface area contributed by atoms with Crippen molar-refractivity contribution in [2.24, 2.45) is 5.73 Å². The minimum absolute atomic E-state index is 0.124. The molecule has 3 N–H and O–H groups in total. The average Bonchev–Trinajstić information content (AvgIpc) is 3.07. The van der Waals surface area contributed by atoms with Crippen LogP contribution in [0.3, 0.4) is 0 Å². The Morgan fingerprint density at radius 2 is 2.04 bits per heavy atom. The Morgan fingerprint density at radius 1 is 1.31 bits per heavy atom. The average molecular weight is 389 g/mol. The van der Waals surface area contributed by atoms with Gasteiger partial charge in [0.1, 0.15) is 5.01 Å². The highest BCUT2D eigenvalue weighted by atomic mass is 32.1. The number of carbonyl (C=O) groups is 2. The number of nitrogens with one attached hydrogen (secondary N) is 1. The predicted octanol–water partition coefficient (Wildman–Crippen LogP) is 1.96. The van der Waals surface area contributed by atoms with E-state index < -0.39 is 23.7 Å². The fraction of sp³-hybridized carbons (Fsp3) is 0.267. The highest BCUT2D eigenvalue weighted by molar-refractivity contribution is 7.09. The third-order valence-electron chi connectivity index (χ3n) is 3.04. The minimum Gasteiger partial charge on any atom is -0.493 e. The fourth-order valence-electron chi connectivity index (χ4n) is 1.86. The second kappa shape index (κ2) is 8.04. The van der Waals surface area contributed by atoms with E-state index in [4.69, 9.17) is 15.2 Å². The maximum Gasteiger partial charge on any atom is 0.434 e. The number of alkyl halides is 3. The Labute approximate surface area is 149 Å². The van der Waals surface area contributed by atoms with Crippen LogP contribution in [0.2, 0.25) is 0 Å². The van der Waals surface area contributed by atoms with Crippen molar-refractivity contribution in [3.63, 3.8) is 0 Å². The van der Waals surface area contributed by atoms with Gasteiger partial charge in [-0.2, -0.15) is 13.2 Å². The number of amides is 2. The smallest absolute Gasteiger partial charge is 0.434 e. The molecule has 7 nitrogen and oxygen atoms in total. The number of aromatic nitrogens is 1. The molecule has 2 rings (SSSR count). The maximum atomic E-state index is 12.5. The number of hydrogen-bond donors (Lipinski definition) is 2. The molecule has 1 aromatic heterocycles. The molecule has 0 spiro atoms. The predicted molar refractivity (Wildman–Crippen MR) is 86.0 cm³/mol. The number of nitrogens with zero attached hydrogens (tertiary/aromatic N) is 1. The first-order valence-corrected chi connectivity index (χ1v) is 7.97. The van der Waals surface area contributed by atoms with Gasteiger partial charge in [-0.1, -0.05) is 0 Å². The van der Waals surface area contributed by atoms with Gasteiger partial charge in [-0.3, -0.25) is 9.59 Å². The van der Waals surface area contributed by atoms with Crippen LogP contribution in [0.15, 0.2) is 23.6 Å². The molecule has 11 heteroatoms. The van der Waals surface area contributed by atoms with Gasteiger partial charge < -0.3 is 20.5 Å². The Morgan fingerprint density at radius 3 is 2.62 bits per heavy atom. The summed E-state index contributed by atoms with van der Waals surface area (Å²) in [4.78, 5) is 26.3. The molecule has 0 atom stereocenters. The topological polar surface area (TPSA) is 104 Å². The normalized spacial score (nSPS) is 11.1. The second-order valence-electron chi connectivity index (χ2n) is 4.93. The van der Waals surface area contributed by atoms with Gasteiger partial charge in [0.2, 0.25) is 0 Å². The Bertz CT molecular complexity index is 808. The van der Waals surface area contributed by atoms with Gasteiger partial charge in [0.25, 0.3) is 11.8 Å². The number of benzene rings is 1. The quantitative estimate of drug-likeness (QED) is 0.754. The zero-order chi connectivity index (χ0) is 19.3. The van der Waals surface area contributed by atoms with E-state index >= 15 is 0 Å². The zero-order valence-corrected chi connectivity index (χ0v) is 14.2. The van der Waals surface area contributed by atoms with Crippen LogP contribution in [-0.4, -0.2) is 30.5 Å². The molecule has 0 bridgehead atoms. The Kier molecular flexibility index (Phi) is 6.03. The number of primary amides is 1. The van der Waals surface area contributed by atoms with Crippen LogP contribution in [0.25, 0.3) is 0 Å². The van der Waals surface area contributed by atoms with Gasteiger partial charge in [-0.15, -0.1) is 11.3 Å². The van der Waals surface area contributed by atoms with E-state index in [1.165, 1.54) is 25.3 Å². The molecule has 26 heavy (non-hydrogen) atoms. The third-order valence-corrected chi connectivity index (χ3v) is 3.89. The van der Waals surface area contributed by atoms with Gasteiger partial charge in [0, 0.05) is 10.9 Å². The van der Waals surface area contributed by atoms with E-state index in [0.717, 1.165) is 16.7 Å². The molecule has 1 aromatic carbocycles. The molecule has 1 heterocycles. The molecule has 0 saturated carbocycles. The first-order valence-electron chi connectivity index (χ1n) is 7.09. The molecule has 0 aliphatic rings. The lowest BCUT2D eigenvalue weighted by molar-refractivity contribution is -0.140. The van der Waals surface area contributed by atoms with Crippen LogP contribution in [0.1, 0.15) is 21.1 Å². The van der Waals surface area contributed by atoms with Crippen molar-refractivity contribution in [2.45, 2.75) is 12.7 Å². The molecule has 0 saturated heterocycles. The van der Waals surface area contributed by atoms with Crippen molar-refractivity contribution in [3.05, 3.63) is 39.8 Å². The van der Waals surface area contributed by atoms with Crippen LogP contribution in [0.5, 0.6) is 11.5 Å². The molecule has 2 aromatic rings. The number of ether oxygens (including phenoxy) is 2. The van der Waals surface area contributed by atoms with Crippen molar-refractivity contribution >= 4 is 23.2 Å². The van der Waals surface area contributed by atoms with Crippen molar-refractivity contribution < 1.29 is 32.2 Å². The van der Waals surface area contributed by atoms with E-state index in [1.807, 2.05) is 0 Å². The molecule has 2 amide bonds. The van der Waals surface area contributed by atoms with E-state index in [9.17, 15) is 22.8 Å². The fourth-order valence-corrected chi connectivity index (χ4v) is 2.60.